The fourth-order valence-corrected chi connectivity index (χ4v) is 3.50. The maximum atomic E-state index is 12.7. The molecular formula is C19H22N2O4. The zero-order chi connectivity index (χ0) is 17.8. The van der Waals surface area contributed by atoms with Crippen molar-refractivity contribution in [2.75, 3.05) is 13.1 Å². The van der Waals surface area contributed by atoms with Gasteiger partial charge in [-0.25, -0.2) is 0 Å². The molecule has 6 nitrogen and oxygen atoms in total. The number of aliphatic carboxylic acids is 1. The Hall–Kier alpha value is -2.63. The van der Waals surface area contributed by atoms with Crippen molar-refractivity contribution in [1.82, 2.24) is 9.47 Å². The molecule has 1 saturated heterocycles. The van der Waals surface area contributed by atoms with E-state index in [1.54, 1.807) is 16.8 Å². The number of para-hydroxylation sites is 1. The van der Waals surface area contributed by atoms with Gasteiger partial charge in [0.05, 0.1) is 5.52 Å². The van der Waals surface area contributed by atoms with Gasteiger partial charge in [0, 0.05) is 37.2 Å². The van der Waals surface area contributed by atoms with Crippen molar-refractivity contribution in [2.45, 2.75) is 32.2 Å². The first-order chi connectivity index (χ1) is 12.0. The number of nitrogens with zero attached hydrogens (tertiary/aromatic N) is 2. The Kier molecular flexibility index (Phi) is 5.16. The molecule has 1 aromatic carbocycles. The van der Waals surface area contributed by atoms with Crippen molar-refractivity contribution < 1.29 is 14.7 Å². The van der Waals surface area contributed by atoms with Gasteiger partial charge in [-0.2, -0.15) is 0 Å². The highest BCUT2D eigenvalue weighted by Crippen LogP contribution is 2.21. The summed E-state index contributed by atoms with van der Waals surface area (Å²) in [5.74, 6) is -0.531. The van der Waals surface area contributed by atoms with E-state index in [-0.39, 0.29) is 30.2 Å². The number of benzene rings is 1. The van der Waals surface area contributed by atoms with Crippen LogP contribution in [0.15, 0.2) is 41.3 Å². The summed E-state index contributed by atoms with van der Waals surface area (Å²) in [6, 6.07) is 8.76. The number of aromatic nitrogens is 1. The van der Waals surface area contributed by atoms with Gasteiger partial charge in [-0.1, -0.05) is 12.1 Å². The second-order valence-corrected chi connectivity index (χ2v) is 6.61. The zero-order valence-corrected chi connectivity index (χ0v) is 14.1. The van der Waals surface area contributed by atoms with Crippen LogP contribution < -0.4 is 5.43 Å². The minimum atomic E-state index is -0.789. The number of likely N-dealkylation sites (tertiary alicyclic amines) is 1. The van der Waals surface area contributed by atoms with Gasteiger partial charge >= 0.3 is 5.97 Å². The number of fused-ring (bicyclic) bond motifs is 1. The number of hydrogen-bond donors (Lipinski definition) is 1. The van der Waals surface area contributed by atoms with Crippen molar-refractivity contribution >= 4 is 22.8 Å². The van der Waals surface area contributed by atoms with E-state index >= 15 is 0 Å². The van der Waals surface area contributed by atoms with Gasteiger partial charge in [-0.05, 0) is 37.3 Å². The first-order valence-electron chi connectivity index (χ1n) is 8.62. The number of carbonyl (C=O) groups is 2. The van der Waals surface area contributed by atoms with Crippen LogP contribution in [0, 0.1) is 5.92 Å². The molecule has 3 rings (SSSR count). The Morgan fingerprint density at radius 3 is 2.80 bits per heavy atom. The standard InChI is InChI=1S/C19H22N2O4/c22-17-9-11-20(16-6-2-1-5-15(16)17)13-18(23)21-10-3-4-14(12-21)7-8-19(24)25/h1-2,5-6,9,11,14H,3-4,7-8,10,12-13H2,(H,24,25)/t14-/m1/s1. The average Bonchev–Trinajstić information content (AvgIpc) is 2.63. The highest BCUT2D eigenvalue weighted by molar-refractivity contribution is 5.82. The molecule has 1 atom stereocenters. The zero-order valence-electron chi connectivity index (χ0n) is 14.1. The number of pyridine rings is 1. The van der Waals surface area contributed by atoms with E-state index in [1.807, 2.05) is 23.1 Å². The molecule has 1 amide bonds. The van der Waals surface area contributed by atoms with Crippen LogP contribution in [0.5, 0.6) is 0 Å². The number of rotatable bonds is 5. The quantitative estimate of drug-likeness (QED) is 0.902. The molecule has 0 bridgehead atoms. The van der Waals surface area contributed by atoms with E-state index in [0.717, 1.165) is 18.4 Å². The molecule has 0 radical (unpaired) electrons. The lowest BCUT2D eigenvalue weighted by molar-refractivity contribution is -0.137. The number of hydrogen-bond acceptors (Lipinski definition) is 3. The Morgan fingerprint density at radius 2 is 2.00 bits per heavy atom. The van der Waals surface area contributed by atoms with Gasteiger partial charge < -0.3 is 14.6 Å². The van der Waals surface area contributed by atoms with Crippen LogP contribution in [-0.2, 0) is 16.1 Å². The Morgan fingerprint density at radius 1 is 1.20 bits per heavy atom. The molecule has 6 heteroatoms. The Labute approximate surface area is 145 Å². The largest absolute Gasteiger partial charge is 0.481 e. The maximum absolute atomic E-state index is 12.7. The van der Waals surface area contributed by atoms with E-state index in [1.165, 1.54) is 6.07 Å². The normalized spacial score (nSPS) is 17.6. The van der Waals surface area contributed by atoms with Crippen molar-refractivity contribution in [3.8, 4) is 0 Å². The van der Waals surface area contributed by atoms with E-state index in [0.29, 0.717) is 24.9 Å². The molecule has 1 aliphatic heterocycles. The molecule has 0 saturated carbocycles. The van der Waals surface area contributed by atoms with Crippen molar-refractivity contribution in [1.29, 1.82) is 0 Å². The monoisotopic (exact) mass is 342 g/mol. The molecule has 1 aromatic heterocycles. The summed E-state index contributed by atoms with van der Waals surface area (Å²) < 4.78 is 1.81. The lowest BCUT2D eigenvalue weighted by Gasteiger charge is -2.33. The number of carbonyl (C=O) groups excluding carboxylic acids is 1. The fourth-order valence-electron chi connectivity index (χ4n) is 3.50. The van der Waals surface area contributed by atoms with Crippen molar-refractivity contribution in [3.63, 3.8) is 0 Å². The van der Waals surface area contributed by atoms with E-state index in [4.69, 9.17) is 5.11 Å². The van der Waals surface area contributed by atoms with Crippen LogP contribution in [0.4, 0.5) is 0 Å². The number of carboxylic acid groups (broad SMARTS) is 1. The SMILES string of the molecule is O=C(O)CC[C@H]1CCCN(C(=O)Cn2ccc(=O)c3ccccc32)C1. The van der Waals surface area contributed by atoms with Crippen LogP contribution in [0.3, 0.4) is 0 Å². The lowest BCUT2D eigenvalue weighted by atomic mass is 9.93. The minimum Gasteiger partial charge on any atom is -0.481 e. The molecule has 1 N–H and O–H groups in total. The van der Waals surface area contributed by atoms with Crippen LogP contribution in [0.1, 0.15) is 25.7 Å². The van der Waals surface area contributed by atoms with Crippen LogP contribution in [0.2, 0.25) is 0 Å². The van der Waals surface area contributed by atoms with Crippen LogP contribution in [0.25, 0.3) is 10.9 Å². The summed E-state index contributed by atoms with van der Waals surface area (Å²) in [4.78, 5) is 37.2. The first kappa shape index (κ1) is 17.2. The summed E-state index contributed by atoms with van der Waals surface area (Å²) in [7, 11) is 0. The molecule has 1 fully saturated rings. The fraction of sp³-hybridized carbons (Fsp3) is 0.421. The van der Waals surface area contributed by atoms with Crippen molar-refractivity contribution in [3.05, 3.63) is 46.8 Å². The molecular weight excluding hydrogens is 320 g/mol. The van der Waals surface area contributed by atoms with Gasteiger partial charge in [-0.3, -0.25) is 14.4 Å². The maximum Gasteiger partial charge on any atom is 0.303 e. The smallest absolute Gasteiger partial charge is 0.303 e. The van der Waals surface area contributed by atoms with Gasteiger partial charge in [0.1, 0.15) is 6.54 Å². The molecule has 2 aromatic rings. The van der Waals surface area contributed by atoms with E-state index < -0.39 is 5.97 Å². The van der Waals surface area contributed by atoms with Gasteiger partial charge in [0.25, 0.3) is 0 Å². The number of carboxylic acids is 1. The lowest BCUT2D eigenvalue weighted by Crippen LogP contribution is -2.41. The summed E-state index contributed by atoms with van der Waals surface area (Å²) in [6.07, 6.45) is 4.30. The van der Waals surface area contributed by atoms with Gasteiger partial charge in [0.15, 0.2) is 5.43 Å². The first-order valence-corrected chi connectivity index (χ1v) is 8.62. The van der Waals surface area contributed by atoms with Gasteiger partial charge in [-0.15, -0.1) is 0 Å². The molecule has 0 spiro atoms. The minimum absolute atomic E-state index is 0.00817. The summed E-state index contributed by atoms with van der Waals surface area (Å²) in [5.41, 5.74) is 0.703. The van der Waals surface area contributed by atoms with E-state index in [2.05, 4.69) is 0 Å². The molecule has 0 aliphatic carbocycles. The third kappa shape index (κ3) is 4.07. The van der Waals surface area contributed by atoms with Crippen LogP contribution >= 0.6 is 0 Å². The summed E-state index contributed by atoms with van der Waals surface area (Å²) >= 11 is 0. The molecule has 25 heavy (non-hydrogen) atoms. The summed E-state index contributed by atoms with van der Waals surface area (Å²) in [6.45, 7) is 1.51. The topological polar surface area (TPSA) is 79.6 Å². The predicted molar refractivity (Wildman–Crippen MR) is 94.4 cm³/mol. The Bertz CT molecular complexity index is 843. The average molecular weight is 342 g/mol. The van der Waals surface area contributed by atoms with Crippen LogP contribution in [-0.4, -0.2) is 39.5 Å². The van der Waals surface area contributed by atoms with Gasteiger partial charge in [0.2, 0.25) is 5.91 Å². The molecule has 1 aliphatic rings. The molecule has 2 heterocycles. The number of amides is 1. The highest BCUT2D eigenvalue weighted by atomic mass is 16.4. The second kappa shape index (κ2) is 7.51. The third-order valence-electron chi connectivity index (χ3n) is 4.83. The number of piperidine rings is 1. The van der Waals surface area contributed by atoms with Crippen molar-refractivity contribution in [2.24, 2.45) is 5.92 Å². The van der Waals surface area contributed by atoms with E-state index in [9.17, 15) is 14.4 Å². The highest BCUT2D eigenvalue weighted by Gasteiger charge is 2.24. The Balaban J connectivity index is 1.71. The predicted octanol–water partition coefficient (Wildman–Crippen LogP) is 2.10. The molecule has 132 valence electrons. The second-order valence-electron chi connectivity index (χ2n) is 6.61. The molecule has 0 unspecified atom stereocenters. The summed E-state index contributed by atoms with van der Waals surface area (Å²) in [5, 5.41) is 9.43. The third-order valence-corrected chi connectivity index (χ3v) is 4.83.